The molecule has 4 heteroatoms. The summed E-state index contributed by atoms with van der Waals surface area (Å²) < 4.78 is 0. The minimum absolute atomic E-state index is 0.152. The first-order valence-electron chi connectivity index (χ1n) is 5.48. The first-order chi connectivity index (χ1) is 6.66. The number of nitrogens with zero attached hydrogens (tertiary/aromatic N) is 1. The molecule has 1 aliphatic rings. The van der Waals surface area contributed by atoms with Crippen LogP contribution in [0, 0.1) is 16.0 Å². The standard InChI is InChI=1S/C10H19NO3/c1-2-9(11(13)14)10(12)8-6-4-3-5-7-8/h8-10,12H,2-7H2,1H3/t9-,10-/m0/s1. The topological polar surface area (TPSA) is 63.4 Å². The van der Waals surface area contributed by atoms with Gasteiger partial charge in [0.25, 0.3) is 0 Å². The lowest BCUT2D eigenvalue weighted by Gasteiger charge is -2.27. The first-order valence-corrected chi connectivity index (χ1v) is 5.48. The maximum Gasteiger partial charge on any atom is 0.238 e. The van der Waals surface area contributed by atoms with Crippen molar-refractivity contribution in [3.05, 3.63) is 10.1 Å². The third-order valence-electron chi connectivity index (χ3n) is 3.22. The van der Waals surface area contributed by atoms with Crippen LogP contribution >= 0.6 is 0 Å². The molecule has 0 aromatic heterocycles. The van der Waals surface area contributed by atoms with Gasteiger partial charge in [0.05, 0.1) is 0 Å². The van der Waals surface area contributed by atoms with Gasteiger partial charge in [-0.2, -0.15) is 0 Å². The monoisotopic (exact) mass is 201 g/mol. The molecule has 1 fully saturated rings. The Balaban J connectivity index is 2.51. The molecule has 14 heavy (non-hydrogen) atoms. The number of hydrogen-bond donors (Lipinski definition) is 1. The molecule has 0 spiro atoms. The van der Waals surface area contributed by atoms with Gasteiger partial charge in [0.15, 0.2) is 0 Å². The highest BCUT2D eigenvalue weighted by Gasteiger charge is 2.34. The quantitative estimate of drug-likeness (QED) is 0.558. The molecule has 1 N–H and O–H groups in total. The normalized spacial score (nSPS) is 23.0. The lowest BCUT2D eigenvalue weighted by atomic mass is 9.82. The van der Waals surface area contributed by atoms with Gasteiger partial charge in [0.2, 0.25) is 6.04 Å². The van der Waals surface area contributed by atoms with E-state index in [1.807, 2.05) is 0 Å². The largest absolute Gasteiger partial charge is 0.386 e. The summed E-state index contributed by atoms with van der Waals surface area (Å²) in [6.07, 6.45) is 5.00. The molecule has 0 bridgehead atoms. The molecule has 0 unspecified atom stereocenters. The average Bonchev–Trinajstić information content (AvgIpc) is 2.19. The zero-order valence-corrected chi connectivity index (χ0v) is 8.69. The van der Waals surface area contributed by atoms with Crippen LogP contribution in [-0.4, -0.2) is 22.2 Å². The molecular weight excluding hydrogens is 182 g/mol. The molecule has 0 aliphatic heterocycles. The number of aliphatic hydroxyl groups is 1. The Morgan fingerprint density at radius 1 is 1.43 bits per heavy atom. The Hall–Kier alpha value is -0.640. The van der Waals surface area contributed by atoms with Crippen molar-refractivity contribution in [2.75, 3.05) is 0 Å². The van der Waals surface area contributed by atoms with E-state index < -0.39 is 12.1 Å². The van der Waals surface area contributed by atoms with Crippen LogP contribution in [0.5, 0.6) is 0 Å². The third kappa shape index (κ3) is 2.67. The second-order valence-corrected chi connectivity index (χ2v) is 4.15. The van der Waals surface area contributed by atoms with Crippen LogP contribution in [0.2, 0.25) is 0 Å². The van der Waals surface area contributed by atoms with Gasteiger partial charge in [-0.1, -0.05) is 26.2 Å². The van der Waals surface area contributed by atoms with Crippen molar-refractivity contribution in [3.63, 3.8) is 0 Å². The molecule has 0 aromatic rings. The molecule has 0 radical (unpaired) electrons. The van der Waals surface area contributed by atoms with Crippen molar-refractivity contribution >= 4 is 0 Å². The maximum atomic E-state index is 10.7. The van der Waals surface area contributed by atoms with Crippen LogP contribution in [0.4, 0.5) is 0 Å². The second kappa shape index (κ2) is 5.29. The predicted octanol–water partition coefficient (Wildman–Crippen LogP) is 1.98. The number of nitro groups is 1. The molecule has 0 heterocycles. The average molecular weight is 201 g/mol. The van der Waals surface area contributed by atoms with Gasteiger partial charge in [0.1, 0.15) is 6.10 Å². The highest BCUT2D eigenvalue weighted by molar-refractivity contribution is 4.78. The maximum absolute atomic E-state index is 10.7. The van der Waals surface area contributed by atoms with Gasteiger partial charge >= 0.3 is 0 Å². The van der Waals surface area contributed by atoms with Gasteiger partial charge in [-0.05, 0) is 18.8 Å². The van der Waals surface area contributed by atoms with Crippen LogP contribution < -0.4 is 0 Å². The minimum atomic E-state index is -0.766. The Bertz CT molecular complexity index is 190. The minimum Gasteiger partial charge on any atom is -0.386 e. The Kier molecular flexibility index (Phi) is 4.32. The zero-order valence-electron chi connectivity index (χ0n) is 8.69. The summed E-state index contributed by atoms with van der Waals surface area (Å²) in [7, 11) is 0. The summed E-state index contributed by atoms with van der Waals surface area (Å²) in [6.45, 7) is 1.76. The fraction of sp³-hybridized carbons (Fsp3) is 1.00. The summed E-state index contributed by atoms with van der Waals surface area (Å²) in [6, 6.07) is -0.766. The molecule has 1 saturated carbocycles. The van der Waals surface area contributed by atoms with Crippen LogP contribution in [0.25, 0.3) is 0 Å². The summed E-state index contributed by atoms with van der Waals surface area (Å²) in [5.74, 6) is 0.152. The van der Waals surface area contributed by atoms with Crippen molar-refractivity contribution in [3.8, 4) is 0 Å². The van der Waals surface area contributed by atoms with E-state index in [9.17, 15) is 15.2 Å². The van der Waals surface area contributed by atoms with E-state index in [2.05, 4.69) is 0 Å². The van der Waals surface area contributed by atoms with Crippen LogP contribution in [0.3, 0.4) is 0 Å². The third-order valence-corrected chi connectivity index (χ3v) is 3.22. The number of hydrogen-bond acceptors (Lipinski definition) is 3. The Labute approximate surface area is 84.5 Å². The van der Waals surface area contributed by atoms with Crippen molar-refractivity contribution in [1.82, 2.24) is 0 Å². The summed E-state index contributed by atoms with van der Waals surface area (Å²) in [4.78, 5) is 10.3. The van der Waals surface area contributed by atoms with Gasteiger partial charge in [0, 0.05) is 11.3 Å². The highest BCUT2D eigenvalue weighted by atomic mass is 16.6. The fourth-order valence-electron chi connectivity index (χ4n) is 2.31. The van der Waals surface area contributed by atoms with Crippen molar-refractivity contribution in [2.45, 2.75) is 57.6 Å². The van der Waals surface area contributed by atoms with Gasteiger partial charge in [-0.3, -0.25) is 10.1 Å². The molecule has 1 rings (SSSR count). The zero-order chi connectivity index (χ0) is 10.6. The van der Waals surface area contributed by atoms with E-state index in [1.165, 1.54) is 6.42 Å². The molecule has 0 saturated heterocycles. The lowest BCUT2D eigenvalue weighted by molar-refractivity contribution is -0.537. The van der Waals surface area contributed by atoms with Crippen LogP contribution in [0.1, 0.15) is 45.4 Å². The van der Waals surface area contributed by atoms with Crippen molar-refractivity contribution < 1.29 is 10.0 Å². The molecule has 82 valence electrons. The molecule has 0 aromatic carbocycles. The fourth-order valence-corrected chi connectivity index (χ4v) is 2.31. The molecular formula is C10H19NO3. The summed E-state index contributed by atoms with van der Waals surface area (Å²) in [5.41, 5.74) is 0. The lowest BCUT2D eigenvalue weighted by Crippen LogP contribution is -2.39. The highest BCUT2D eigenvalue weighted by Crippen LogP contribution is 2.28. The van der Waals surface area contributed by atoms with E-state index in [0.717, 1.165) is 25.7 Å². The smallest absolute Gasteiger partial charge is 0.238 e. The van der Waals surface area contributed by atoms with Gasteiger partial charge < -0.3 is 5.11 Å². The van der Waals surface area contributed by atoms with E-state index in [4.69, 9.17) is 0 Å². The first kappa shape index (κ1) is 11.4. The van der Waals surface area contributed by atoms with E-state index in [-0.39, 0.29) is 10.8 Å². The Morgan fingerprint density at radius 2 is 2.00 bits per heavy atom. The molecule has 4 nitrogen and oxygen atoms in total. The summed E-state index contributed by atoms with van der Waals surface area (Å²) in [5, 5.41) is 20.5. The van der Waals surface area contributed by atoms with Crippen LogP contribution in [-0.2, 0) is 0 Å². The summed E-state index contributed by atoms with van der Waals surface area (Å²) >= 11 is 0. The Morgan fingerprint density at radius 3 is 2.43 bits per heavy atom. The van der Waals surface area contributed by atoms with Gasteiger partial charge in [-0.25, -0.2) is 0 Å². The number of aliphatic hydroxyl groups excluding tert-OH is 1. The molecule has 1 aliphatic carbocycles. The van der Waals surface area contributed by atoms with E-state index in [0.29, 0.717) is 6.42 Å². The van der Waals surface area contributed by atoms with E-state index >= 15 is 0 Å². The van der Waals surface area contributed by atoms with Crippen molar-refractivity contribution in [2.24, 2.45) is 5.92 Å². The SMILES string of the molecule is CC[C@@H]([C@@H](O)C1CCCCC1)[N+](=O)[O-]. The van der Waals surface area contributed by atoms with E-state index in [1.54, 1.807) is 6.92 Å². The van der Waals surface area contributed by atoms with Gasteiger partial charge in [-0.15, -0.1) is 0 Å². The molecule has 0 amide bonds. The predicted molar refractivity (Wildman–Crippen MR) is 53.7 cm³/mol. The van der Waals surface area contributed by atoms with Crippen LogP contribution in [0.15, 0.2) is 0 Å². The molecule has 2 atom stereocenters. The number of rotatable bonds is 4. The van der Waals surface area contributed by atoms with Crippen molar-refractivity contribution in [1.29, 1.82) is 0 Å². The second-order valence-electron chi connectivity index (χ2n) is 4.15.